The normalized spacial score (nSPS) is 31.5. The minimum absolute atomic E-state index is 0.0789. The summed E-state index contributed by atoms with van der Waals surface area (Å²) in [5.74, 6) is -0.684. The van der Waals surface area contributed by atoms with Crippen LogP contribution in [0.5, 0.6) is 11.6 Å². The molecule has 6 atom stereocenters. The highest BCUT2D eigenvalue weighted by Gasteiger charge is 2.62. The van der Waals surface area contributed by atoms with E-state index in [9.17, 15) is 27.2 Å². The Balaban J connectivity index is 1.15. The summed E-state index contributed by atoms with van der Waals surface area (Å²) in [5, 5.41) is 3.37. The summed E-state index contributed by atoms with van der Waals surface area (Å²) in [6, 6.07) is 3.37. The van der Waals surface area contributed by atoms with Crippen LogP contribution in [0.1, 0.15) is 78.1 Å². The first-order chi connectivity index (χ1) is 23.4. The number of hydrogen-bond donors (Lipinski definition) is 2. The molecule has 1 saturated heterocycles. The van der Waals surface area contributed by atoms with E-state index < -0.39 is 50.6 Å². The molecule has 2 aromatic rings. The average molecular weight is 697 g/mol. The van der Waals surface area contributed by atoms with Gasteiger partial charge in [-0.25, -0.2) is 17.8 Å². The topological polar surface area (TPSA) is 144 Å². The van der Waals surface area contributed by atoms with Gasteiger partial charge in [0.05, 0.1) is 30.0 Å². The Morgan fingerprint density at radius 3 is 2.65 bits per heavy atom. The molecule has 0 radical (unpaired) electrons. The van der Waals surface area contributed by atoms with Crippen LogP contribution < -0.4 is 19.5 Å². The van der Waals surface area contributed by atoms with Crippen LogP contribution in [0.2, 0.25) is 0 Å². The lowest BCUT2D eigenvalue weighted by molar-refractivity contribution is -0.140. The minimum Gasteiger partial charge on any atom is -0.491 e. The van der Waals surface area contributed by atoms with E-state index in [0.717, 1.165) is 32.1 Å². The molecular formula is C36H45FN4O7S. The number of rotatable bonds is 8. The quantitative estimate of drug-likeness (QED) is 0.387. The number of benzene rings is 1. The number of carbonyl (C=O) groups is 3. The Bertz CT molecular complexity index is 1780. The van der Waals surface area contributed by atoms with Gasteiger partial charge in [0.15, 0.2) is 0 Å². The maximum atomic E-state index is 14.5. The monoisotopic (exact) mass is 696 g/mol. The third-order valence-electron chi connectivity index (χ3n) is 10.6. The highest BCUT2D eigenvalue weighted by molar-refractivity contribution is 7.91. The fraction of sp³-hybridized carbons (Fsp3) is 0.611. The predicted octanol–water partition coefficient (Wildman–Crippen LogP) is 4.40. The Hall–Kier alpha value is -3.74. The second kappa shape index (κ2) is 13.2. The van der Waals surface area contributed by atoms with Crippen molar-refractivity contribution in [3.8, 4) is 11.6 Å². The Morgan fingerprint density at radius 2 is 1.90 bits per heavy atom. The van der Waals surface area contributed by atoms with Crippen molar-refractivity contribution in [3.05, 3.63) is 42.4 Å². The number of hydrogen-bond acceptors (Lipinski definition) is 8. The number of nitrogens with one attached hydrogen (secondary N) is 2. The first kappa shape index (κ1) is 33.7. The van der Waals surface area contributed by atoms with Crippen molar-refractivity contribution in [2.45, 2.75) is 101 Å². The molecule has 49 heavy (non-hydrogen) atoms. The van der Waals surface area contributed by atoms with E-state index in [1.54, 1.807) is 12.3 Å². The zero-order chi connectivity index (χ0) is 34.5. The maximum Gasteiger partial charge on any atom is 0.259 e. The van der Waals surface area contributed by atoms with Crippen molar-refractivity contribution in [3.63, 3.8) is 0 Å². The van der Waals surface area contributed by atoms with Gasteiger partial charge in [0.1, 0.15) is 29.3 Å². The van der Waals surface area contributed by atoms with E-state index in [2.05, 4.69) is 21.9 Å². The van der Waals surface area contributed by atoms with Crippen molar-refractivity contribution >= 4 is 38.5 Å². The zero-order valence-corrected chi connectivity index (χ0v) is 28.8. The molecule has 5 aliphatic rings. The summed E-state index contributed by atoms with van der Waals surface area (Å²) >= 11 is 0. The minimum atomic E-state index is -3.84. The van der Waals surface area contributed by atoms with E-state index in [1.807, 2.05) is 19.1 Å². The van der Waals surface area contributed by atoms with Crippen LogP contribution >= 0.6 is 0 Å². The molecule has 11 nitrogen and oxygen atoms in total. The Morgan fingerprint density at radius 1 is 1.10 bits per heavy atom. The van der Waals surface area contributed by atoms with Gasteiger partial charge in [-0.1, -0.05) is 26.0 Å². The summed E-state index contributed by atoms with van der Waals surface area (Å²) in [4.78, 5) is 47.5. The molecule has 3 aliphatic carbocycles. The molecule has 4 fully saturated rings. The second-order valence-electron chi connectivity index (χ2n) is 15.0. The molecule has 13 heteroatoms. The summed E-state index contributed by atoms with van der Waals surface area (Å²) in [6.45, 7) is 4.84. The Kier molecular flexibility index (Phi) is 9.08. The third-order valence-corrected chi connectivity index (χ3v) is 12.4. The summed E-state index contributed by atoms with van der Waals surface area (Å²) in [7, 11) is -3.84. The van der Waals surface area contributed by atoms with E-state index in [0.29, 0.717) is 47.8 Å². The molecular weight excluding hydrogens is 651 g/mol. The van der Waals surface area contributed by atoms with Crippen LogP contribution in [0.4, 0.5) is 4.39 Å². The van der Waals surface area contributed by atoms with Crippen molar-refractivity contribution in [2.75, 3.05) is 13.2 Å². The van der Waals surface area contributed by atoms with E-state index in [4.69, 9.17) is 9.47 Å². The molecule has 7 rings (SSSR count). The van der Waals surface area contributed by atoms with Crippen LogP contribution in [0.25, 0.3) is 10.8 Å². The van der Waals surface area contributed by atoms with Crippen molar-refractivity contribution in [1.82, 2.24) is 19.9 Å². The SMILES string of the molecule is C[C@@H]1CC/C=C\[C@@H]2C[C@@]2(C(=O)NS(=O)(=O)C2CC2)NC(=O)[C@@H]2C[C@@H](Oc3ncc(OCC4CC4)c4ccc(F)cc34)CN2C(=O)C[C@H](C)C1. The molecule has 0 bridgehead atoms. The number of halogens is 1. The highest BCUT2D eigenvalue weighted by Crippen LogP contribution is 2.46. The molecule has 2 N–H and O–H groups in total. The first-order valence-corrected chi connectivity index (χ1v) is 19.2. The fourth-order valence-corrected chi connectivity index (χ4v) is 8.71. The molecule has 0 unspecified atom stereocenters. The maximum absolute atomic E-state index is 14.5. The molecule has 0 spiro atoms. The smallest absolute Gasteiger partial charge is 0.259 e. The second-order valence-corrected chi connectivity index (χ2v) is 17.0. The summed E-state index contributed by atoms with van der Waals surface area (Å²) in [5.41, 5.74) is -1.44. The number of aromatic nitrogens is 1. The fourth-order valence-electron chi connectivity index (χ4n) is 7.34. The summed E-state index contributed by atoms with van der Waals surface area (Å²) < 4.78 is 54.5. The van der Waals surface area contributed by atoms with E-state index in [1.165, 1.54) is 17.0 Å². The number of ether oxygens (including phenoxy) is 2. The molecule has 3 amide bonds. The number of nitrogens with zero attached hydrogens (tertiary/aromatic N) is 2. The van der Waals surface area contributed by atoms with Crippen molar-refractivity contribution < 1.29 is 36.7 Å². The number of carbonyl (C=O) groups excluding carboxylic acids is 3. The average Bonchev–Trinajstić information content (AvgIpc) is 3.94. The zero-order valence-electron chi connectivity index (χ0n) is 28.0. The third kappa shape index (κ3) is 7.41. The number of allylic oxidation sites excluding steroid dienone is 1. The lowest BCUT2D eigenvalue weighted by atomic mass is 9.91. The van der Waals surface area contributed by atoms with Gasteiger partial charge in [0, 0.05) is 24.1 Å². The van der Waals surface area contributed by atoms with E-state index >= 15 is 0 Å². The standard InChI is InChI=1S/C36H45FN4O7S/c1-21-5-3-4-6-24-17-36(24,35(44)40-49(45,46)27-10-11-27)39-33(43)30-16-26(19-41(30)32(42)14-22(2)13-21)48-34-29-15-25(37)9-12-28(29)31(18-38-34)47-20-23-7-8-23/h4,6,9,12,15,18,21-24,26-27,30H,3,5,7-8,10-11,13-14,16-17,19-20H2,1-2H3,(H,39,43)(H,40,44)/b6-4-/t21-,22-,24-,26-,30+,36-/m1/s1. The van der Waals surface area contributed by atoms with Gasteiger partial charge >= 0.3 is 0 Å². The van der Waals surface area contributed by atoms with Gasteiger partial charge in [-0.15, -0.1) is 0 Å². The van der Waals surface area contributed by atoms with Crippen LogP contribution in [0.15, 0.2) is 36.5 Å². The Labute approximate surface area is 286 Å². The van der Waals surface area contributed by atoms with Gasteiger partial charge in [-0.3, -0.25) is 19.1 Å². The largest absolute Gasteiger partial charge is 0.491 e. The summed E-state index contributed by atoms with van der Waals surface area (Å²) in [6.07, 6.45) is 11.2. The van der Waals surface area contributed by atoms with Crippen LogP contribution in [0, 0.1) is 29.5 Å². The lowest BCUT2D eigenvalue weighted by Crippen LogP contribution is -2.56. The highest BCUT2D eigenvalue weighted by atomic mass is 32.2. The number of fused-ring (bicyclic) bond motifs is 3. The molecule has 2 aliphatic heterocycles. The van der Waals surface area contributed by atoms with Crippen LogP contribution in [-0.4, -0.2) is 72.1 Å². The predicted molar refractivity (Wildman–Crippen MR) is 179 cm³/mol. The molecule has 264 valence electrons. The van der Waals surface area contributed by atoms with Crippen LogP contribution in [0.3, 0.4) is 0 Å². The number of sulfonamides is 1. The van der Waals surface area contributed by atoms with Crippen molar-refractivity contribution in [1.29, 1.82) is 0 Å². The first-order valence-electron chi connectivity index (χ1n) is 17.6. The van der Waals surface area contributed by atoms with Gasteiger partial charge < -0.3 is 19.7 Å². The lowest BCUT2D eigenvalue weighted by Gasteiger charge is -2.27. The number of pyridine rings is 1. The molecule has 3 heterocycles. The van der Waals surface area contributed by atoms with E-state index in [-0.39, 0.29) is 49.4 Å². The van der Waals surface area contributed by atoms with Crippen molar-refractivity contribution in [2.24, 2.45) is 23.7 Å². The molecule has 1 aromatic heterocycles. The van der Waals surface area contributed by atoms with Gasteiger partial charge in [0.2, 0.25) is 27.7 Å². The van der Waals surface area contributed by atoms with Gasteiger partial charge in [-0.2, -0.15) is 0 Å². The molecule has 1 aromatic carbocycles. The number of amides is 3. The van der Waals surface area contributed by atoms with Gasteiger partial charge in [-0.05, 0) is 87.3 Å². The van der Waals surface area contributed by atoms with Gasteiger partial charge in [0.25, 0.3) is 5.91 Å². The van der Waals surface area contributed by atoms with Crippen LogP contribution in [-0.2, 0) is 24.4 Å². The molecule has 3 saturated carbocycles.